The number of fused-ring (bicyclic) bond motifs is 1. The number of esters is 1. The van der Waals surface area contributed by atoms with Gasteiger partial charge in [0.1, 0.15) is 28.9 Å². The van der Waals surface area contributed by atoms with E-state index >= 15 is 0 Å². The molecule has 0 aromatic heterocycles. The Morgan fingerprint density at radius 1 is 0.976 bits per heavy atom. The number of nitrogens with two attached hydrogens (primary N) is 1. The molecular formula is C34H38N2O6. The SMILES string of the molecule is CCCCCCCOc1ccc(C2C(C#N)=C(N)Oc3cc(OC(=O)COc4cccc(C)c4C)ccc32)cc1OC. The van der Waals surface area contributed by atoms with Crippen LogP contribution in [0.1, 0.15) is 67.2 Å². The number of hydrogen-bond donors (Lipinski definition) is 1. The number of carbonyl (C=O) groups excluding carboxylic acids is 1. The first-order chi connectivity index (χ1) is 20.4. The molecule has 42 heavy (non-hydrogen) atoms. The number of benzene rings is 3. The van der Waals surface area contributed by atoms with E-state index in [4.69, 9.17) is 29.4 Å². The Hall–Kier alpha value is -4.64. The van der Waals surface area contributed by atoms with Crippen molar-refractivity contribution in [3.8, 4) is 34.8 Å². The Morgan fingerprint density at radius 3 is 2.55 bits per heavy atom. The minimum Gasteiger partial charge on any atom is -0.493 e. The summed E-state index contributed by atoms with van der Waals surface area (Å²) in [4.78, 5) is 12.6. The third-order valence-corrected chi connectivity index (χ3v) is 7.35. The summed E-state index contributed by atoms with van der Waals surface area (Å²) in [5, 5.41) is 9.96. The summed E-state index contributed by atoms with van der Waals surface area (Å²) in [6, 6.07) is 18.5. The van der Waals surface area contributed by atoms with Crippen LogP contribution in [0.25, 0.3) is 0 Å². The smallest absolute Gasteiger partial charge is 0.349 e. The van der Waals surface area contributed by atoms with Crippen LogP contribution >= 0.6 is 0 Å². The zero-order valence-corrected chi connectivity index (χ0v) is 24.7. The van der Waals surface area contributed by atoms with Gasteiger partial charge in [0.05, 0.1) is 19.6 Å². The number of nitriles is 1. The topological polar surface area (TPSA) is 113 Å². The van der Waals surface area contributed by atoms with E-state index in [2.05, 4.69) is 13.0 Å². The quantitative estimate of drug-likeness (QED) is 0.135. The van der Waals surface area contributed by atoms with Gasteiger partial charge in [0.2, 0.25) is 5.88 Å². The highest BCUT2D eigenvalue weighted by atomic mass is 16.6. The highest BCUT2D eigenvalue weighted by Gasteiger charge is 2.32. The fourth-order valence-corrected chi connectivity index (χ4v) is 4.89. The lowest BCUT2D eigenvalue weighted by Gasteiger charge is -2.27. The second-order valence-electron chi connectivity index (χ2n) is 10.3. The van der Waals surface area contributed by atoms with Crippen molar-refractivity contribution in [2.24, 2.45) is 5.73 Å². The maximum Gasteiger partial charge on any atom is 0.349 e. The molecular weight excluding hydrogens is 532 g/mol. The molecule has 0 aliphatic carbocycles. The van der Waals surface area contributed by atoms with Crippen molar-refractivity contribution in [1.82, 2.24) is 0 Å². The van der Waals surface area contributed by atoms with Gasteiger partial charge in [0.15, 0.2) is 18.1 Å². The lowest BCUT2D eigenvalue weighted by Crippen LogP contribution is -2.22. The van der Waals surface area contributed by atoms with E-state index in [1.165, 1.54) is 19.3 Å². The first kappa shape index (κ1) is 30.3. The van der Waals surface area contributed by atoms with E-state index in [9.17, 15) is 10.1 Å². The molecule has 0 saturated heterocycles. The fourth-order valence-electron chi connectivity index (χ4n) is 4.89. The molecule has 1 aliphatic rings. The van der Waals surface area contributed by atoms with Crippen LogP contribution in [0.3, 0.4) is 0 Å². The molecule has 0 fully saturated rings. The molecule has 8 heteroatoms. The van der Waals surface area contributed by atoms with E-state index in [0.717, 1.165) is 29.5 Å². The molecule has 1 atom stereocenters. The summed E-state index contributed by atoms with van der Waals surface area (Å²) in [5.41, 5.74) is 10.0. The summed E-state index contributed by atoms with van der Waals surface area (Å²) in [6.45, 7) is 6.46. The molecule has 0 amide bonds. The Balaban J connectivity index is 1.50. The number of nitrogens with zero attached hydrogens (tertiary/aromatic N) is 1. The fraction of sp³-hybridized carbons (Fsp3) is 0.353. The van der Waals surface area contributed by atoms with Gasteiger partial charge in [0.25, 0.3) is 0 Å². The van der Waals surface area contributed by atoms with Gasteiger partial charge in [0, 0.05) is 11.6 Å². The van der Waals surface area contributed by atoms with E-state index in [-0.39, 0.29) is 23.8 Å². The highest BCUT2D eigenvalue weighted by molar-refractivity contribution is 5.74. The van der Waals surface area contributed by atoms with Crippen molar-refractivity contribution in [1.29, 1.82) is 5.26 Å². The van der Waals surface area contributed by atoms with Crippen molar-refractivity contribution in [2.75, 3.05) is 20.3 Å². The molecule has 4 rings (SSSR count). The summed E-state index contributed by atoms with van der Waals surface area (Å²) < 4.78 is 28.6. The predicted octanol–water partition coefficient (Wildman–Crippen LogP) is 6.86. The summed E-state index contributed by atoms with van der Waals surface area (Å²) >= 11 is 0. The number of ether oxygens (including phenoxy) is 5. The molecule has 0 radical (unpaired) electrons. The normalized spacial score (nSPS) is 13.9. The van der Waals surface area contributed by atoms with Gasteiger partial charge in [-0.1, -0.05) is 56.9 Å². The maximum atomic E-state index is 12.6. The largest absolute Gasteiger partial charge is 0.493 e. The third-order valence-electron chi connectivity index (χ3n) is 7.35. The molecule has 1 heterocycles. The van der Waals surface area contributed by atoms with Gasteiger partial charge in [-0.25, -0.2) is 4.79 Å². The molecule has 1 aliphatic heterocycles. The van der Waals surface area contributed by atoms with Crippen LogP contribution in [0.4, 0.5) is 0 Å². The van der Waals surface area contributed by atoms with Crippen LogP contribution in [0.15, 0.2) is 66.1 Å². The Labute approximate surface area is 247 Å². The average molecular weight is 571 g/mol. The van der Waals surface area contributed by atoms with E-state index in [0.29, 0.717) is 35.2 Å². The van der Waals surface area contributed by atoms with Gasteiger partial charge in [-0.15, -0.1) is 0 Å². The second-order valence-corrected chi connectivity index (χ2v) is 10.3. The van der Waals surface area contributed by atoms with Gasteiger partial charge in [-0.05, 0) is 61.2 Å². The Morgan fingerprint density at radius 2 is 1.79 bits per heavy atom. The van der Waals surface area contributed by atoms with Crippen molar-refractivity contribution < 1.29 is 28.5 Å². The molecule has 3 aromatic rings. The molecule has 1 unspecified atom stereocenters. The molecule has 0 saturated carbocycles. The molecule has 0 bridgehead atoms. The van der Waals surface area contributed by atoms with Crippen LogP contribution in [-0.2, 0) is 4.79 Å². The molecule has 3 aromatic carbocycles. The molecule has 220 valence electrons. The number of methoxy groups -OCH3 is 1. The number of hydrogen-bond acceptors (Lipinski definition) is 8. The molecule has 2 N–H and O–H groups in total. The van der Waals surface area contributed by atoms with E-state index in [1.807, 2.05) is 50.2 Å². The summed E-state index contributed by atoms with van der Waals surface area (Å²) in [5.74, 6) is 1.43. The highest BCUT2D eigenvalue weighted by Crippen LogP contribution is 2.45. The van der Waals surface area contributed by atoms with Gasteiger partial charge >= 0.3 is 5.97 Å². The Kier molecular flexibility index (Phi) is 10.3. The minimum absolute atomic E-state index is 0.0110. The third kappa shape index (κ3) is 7.16. The monoisotopic (exact) mass is 570 g/mol. The number of allylic oxidation sites excluding steroid dienone is 1. The van der Waals surface area contributed by atoms with Gasteiger partial charge < -0.3 is 29.4 Å². The molecule has 0 spiro atoms. The summed E-state index contributed by atoms with van der Waals surface area (Å²) in [7, 11) is 1.59. The number of rotatable bonds is 13. The second kappa shape index (κ2) is 14.3. The number of aryl methyl sites for hydroxylation is 1. The van der Waals surface area contributed by atoms with E-state index < -0.39 is 11.9 Å². The van der Waals surface area contributed by atoms with Gasteiger partial charge in [-0.3, -0.25) is 0 Å². The predicted molar refractivity (Wildman–Crippen MR) is 160 cm³/mol. The van der Waals surface area contributed by atoms with Crippen LogP contribution in [-0.4, -0.2) is 26.3 Å². The lowest BCUT2D eigenvalue weighted by molar-refractivity contribution is -0.136. The maximum absolute atomic E-state index is 12.6. The minimum atomic E-state index is -0.560. The van der Waals surface area contributed by atoms with Crippen molar-refractivity contribution in [2.45, 2.75) is 58.8 Å². The standard InChI is InChI=1S/C34H38N2O6/c1-5-6-7-8-9-17-39-29-16-13-24(18-31(29)38-4)33-26-15-14-25(19-30(26)42-34(36)27(33)20-35)41-32(37)21-40-28-12-10-11-22(2)23(28)3/h10-16,18-19,33H,5-9,17,21,36H2,1-4H3. The van der Waals surface area contributed by atoms with Crippen LogP contribution < -0.4 is 29.4 Å². The number of carbonyl (C=O) groups is 1. The molecule has 8 nitrogen and oxygen atoms in total. The first-order valence-corrected chi connectivity index (χ1v) is 14.3. The number of unbranched alkanes of at least 4 members (excludes halogenated alkanes) is 4. The van der Waals surface area contributed by atoms with Crippen LogP contribution in [0, 0.1) is 25.2 Å². The van der Waals surface area contributed by atoms with Crippen molar-refractivity contribution in [3.63, 3.8) is 0 Å². The van der Waals surface area contributed by atoms with E-state index in [1.54, 1.807) is 25.3 Å². The Bertz CT molecular complexity index is 1490. The van der Waals surface area contributed by atoms with Crippen molar-refractivity contribution in [3.05, 3.63) is 88.3 Å². The zero-order chi connectivity index (χ0) is 30.1. The van der Waals surface area contributed by atoms with Crippen molar-refractivity contribution >= 4 is 5.97 Å². The zero-order valence-electron chi connectivity index (χ0n) is 24.7. The first-order valence-electron chi connectivity index (χ1n) is 14.3. The van der Waals surface area contributed by atoms with Crippen LogP contribution in [0.2, 0.25) is 0 Å². The lowest BCUT2D eigenvalue weighted by atomic mass is 9.83. The van der Waals surface area contributed by atoms with Crippen LogP contribution in [0.5, 0.6) is 28.7 Å². The van der Waals surface area contributed by atoms with Gasteiger partial charge in [-0.2, -0.15) is 5.26 Å². The summed E-state index contributed by atoms with van der Waals surface area (Å²) in [6.07, 6.45) is 5.73. The average Bonchev–Trinajstić information content (AvgIpc) is 2.99.